The predicted molar refractivity (Wildman–Crippen MR) is 116 cm³/mol. The fourth-order valence-corrected chi connectivity index (χ4v) is 6.95. The van der Waals surface area contributed by atoms with E-state index in [-0.39, 0.29) is 23.7 Å². The summed E-state index contributed by atoms with van der Waals surface area (Å²) >= 11 is 0. The van der Waals surface area contributed by atoms with E-state index in [0.29, 0.717) is 24.5 Å². The summed E-state index contributed by atoms with van der Waals surface area (Å²) < 4.78 is 18.6. The van der Waals surface area contributed by atoms with Crippen LogP contribution in [0.15, 0.2) is 24.3 Å². The smallest absolute Gasteiger partial charge is 0.251 e. The number of benzene rings is 1. The van der Waals surface area contributed by atoms with Crippen LogP contribution in [-0.2, 0) is 4.74 Å². The standard InChI is InChI=1S/C23H38O4Si/c1-16(2)23(3,4)28(5,6)27-18-9-7-8-17(14-18)25-13-12-19-20(15-24)22-11-10-21(19)26-22/h7-9,14,16,19-22,24H,10-13,15H2,1-6H3/t19-,20+,21+,22-/m1/s1. The molecule has 2 aliphatic heterocycles. The monoisotopic (exact) mass is 406 g/mol. The molecule has 4 nitrogen and oxygen atoms in total. The summed E-state index contributed by atoms with van der Waals surface area (Å²) in [7, 11) is -1.93. The van der Waals surface area contributed by atoms with Crippen molar-refractivity contribution < 1.29 is 19.0 Å². The third-order valence-electron chi connectivity index (χ3n) is 7.69. The van der Waals surface area contributed by atoms with Crippen LogP contribution in [0, 0.1) is 17.8 Å². The van der Waals surface area contributed by atoms with Gasteiger partial charge in [0.05, 0.1) is 18.8 Å². The van der Waals surface area contributed by atoms with Gasteiger partial charge >= 0.3 is 0 Å². The highest BCUT2D eigenvalue weighted by molar-refractivity contribution is 6.74. The van der Waals surface area contributed by atoms with E-state index in [1.165, 1.54) is 0 Å². The molecule has 0 spiro atoms. The zero-order valence-corrected chi connectivity index (χ0v) is 19.4. The summed E-state index contributed by atoms with van der Waals surface area (Å²) in [5, 5.41) is 9.86. The summed E-state index contributed by atoms with van der Waals surface area (Å²) in [5.41, 5.74) is 0. The van der Waals surface area contributed by atoms with E-state index in [1.807, 2.05) is 24.3 Å². The fraction of sp³-hybridized carbons (Fsp3) is 0.739. The number of rotatable bonds is 9. The molecule has 158 valence electrons. The maximum atomic E-state index is 9.69. The van der Waals surface area contributed by atoms with Crippen LogP contribution < -0.4 is 9.16 Å². The topological polar surface area (TPSA) is 47.9 Å². The Kier molecular flexibility index (Phi) is 6.47. The first-order valence-electron chi connectivity index (χ1n) is 10.8. The lowest BCUT2D eigenvalue weighted by molar-refractivity contribution is 0.0782. The number of fused-ring (bicyclic) bond motifs is 2. The Morgan fingerprint density at radius 3 is 2.43 bits per heavy atom. The van der Waals surface area contributed by atoms with E-state index in [0.717, 1.165) is 30.8 Å². The number of hydrogen-bond donors (Lipinski definition) is 1. The van der Waals surface area contributed by atoms with E-state index in [9.17, 15) is 5.11 Å². The number of ether oxygens (including phenoxy) is 2. The minimum Gasteiger partial charge on any atom is -0.543 e. The van der Waals surface area contributed by atoms with Gasteiger partial charge in [0.2, 0.25) is 0 Å². The lowest BCUT2D eigenvalue weighted by Gasteiger charge is -2.42. The van der Waals surface area contributed by atoms with Crippen molar-refractivity contribution in [2.75, 3.05) is 13.2 Å². The van der Waals surface area contributed by atoms with Crippen molar-refractivity contribution in [3.63, 3.8) is 0 Å². The highest BCUT2D eigenvalue weighted by atomic mass is 28.4. The van der Waals surface area contributed by atoms with Crippen molar-refractivity contribution >= 4 is 8.32 Å². The second-order valence-electron chi connectivity index (χ2n) is 9.90. The Bertz CT molecular complexity index is 658. The van der Waals surface area contributed by atoms with Crippen molar-refractivity contribution in [3.05, 3.63) is 24.3 Å². The molecule has 1 aromatic carbocycles. The molecule has 3 rings (SSSR count). The van der Waals surface area contributed by atoms with Gasteiger partial charge in [-0.15, -0.1) is 0 Å². The molecule has 0 aromatic heterocycles. The molecule has 0 unspecified atom stereocenters. The van der Waals surface area contributed by atoms with Crippen molar-refractivity contribution in [1.29, 1.82) is 0 Å². The van der Waals surface area contributed by atoms with Crippen LogP contribution in [0.1, 0.15) is 47.0 Å². The number of aliphatic hydroxyl groups is 1. The average molecular weight is 407 g/mol. The second kappa shape index (κ2) is 8.37. The van der Waals surface area contributed by atoms with E-state index >= 15 is 0 Å². The third-order valence-corrected chi connectivity index (χ3v) is 12.1. The van der Waals surface area contributed by atoms with E-state index in [2.05, 4.69) is 40.8 Å². The first-order valence-corrected chi connectivity index (χ1v) is 13.7. The highest BCUT2D eigenvalue weighted by Gasteiger charge is 2.48. The SMILES string of the molecule is CC(C)C(C)(C)[Si](C)(C)Oc1cccc(OCC[C@@H]2[C@H](CO)[C@H]3CC[C@@H]2O3)c1. The van der Waals surface area contributed by atoms with Crippen molar-refractivity contribution in [2.24, 2.45) is 17.8 Å². The normalized spacial score (nSPS) is 27.4. The molecule has 0 aliphatic carbocycles. The quantitative estimate of drug-likeness (QED) is 0.568. The second-order valence-corrected chi connectivity index (χ2v) is 14.4. The summed E-state index contributed by atoms with van der Waals surface area (Å²) in [6, 6.07) is 8.06. The molecule has 2 bridgehead atoms. The molecule has 0 radical (unpaired) electrons. The Morgan fingerprint density at radius 2 is 1.79 bits per heavy atom. The zero-order chi connectivity index (χ0) is 20.5. The van der Waals surface area contributed by atoms with Gasteiger partial charge in [0, 0.05) is 18.6 Å². The van der Waals surface area contributed by atoms with Crippen LogP contribution in [-0.4, -0.2) is 38.8 Å². The summed E-state index contributed by atoms with van der Waals surface area (Å²) in [5.74, 6) is 3.02. The maximum absolute atomic E-state index is 9.69. The Labute approximate surface area is 171 Å². The first kappa shape index (κ1) is 21.7. The van der Waals surface area contributed by atoms with Gasteiger partial charge in [-0.05, 0) is 61.4 Å². The third kappa shape index (κ3) is 4.26. The zero-order valence-electron chi connectivity index (χ0n) is 18.4. The summed E-state index contributed by atoms with van der Waals surface area (Å²) in [4.78, 5) is 0. The first-order chi connectivity index (χ1) is 13.2. The lowest BCUT2D eigenvalue weighted by Crippen LogP contribution is -2.47. The van der Waals surface area contributed by atoms with Crippen molar-refractivity contribution in [1.82, 2.24) is 0 Å². The van der Waals surface area contributed by atoms with Crippen LogP contribution in [0.4, 0.5) is 0 Å². The minimum absolute atomic E-state index is 0.172. The van der Waals surface area contributed by atoms with Crippen molar-refractivity contribution in [2.45, 2.75) is 77.3 Å². The van der Waals surface area contributed by atoms with Gasteiger partial charge in [-0.25, -0.2) is 0 Å². The van der Waals surface area contributed by atoms with E-state index < -0.39 is 8.32 Å². The van der Waals surface area contributed by atoms with Gasteiger partial charge < -0.3 is 19.0 Å². The van der Waals surface area contributed by atoms with Crippen molar-refractivity contribution in [3.8, 4) is 11.5 Å². The molecule has 2 saturated heterocycles. The molecule has 2 fully saturated rings. The Morgan fingerprint density at radius 1 is 1.14 bits per heavy atom. The van der Waals surface area contributed by atoms with Gasteiger partial charge in [-0.2, -0.15) is 0 Å². The molecular formula is C23H38O4Si. The summed E-state index contributed by atoms with van der Waals surface area (Å²) in [6.07, 6.45) is 3.72. The molecule has 1 N–H and O–H groups in total. The number of aliphatic hydroxyl groups excluding tert-OH is 1. The Hall–Kier alpha value is -1.04. The highest BCUT2D eigenvalue weighted by Crippen LogP contribution is 2.46. The molecular weight excluding hydrogens is 368 g/mol. The predicted octanol–water partition coefficient (Wildman–Crippen LogP) is 5.26. The number of hydrogen-bond acceptors (Lipinski definition) is 4. The van der Waals surface area contributed by atoms with Gasteiger partial charge in [0.15, 0.2) is 0 Å². The maximum Gasteiger partial charge on any atom is 0.251 e. The molecule has 2 heterocycles. The lowest BCUT2D eigenvalue weighted by atomic mass is 9.78. The van der Waals surface area contributed by atoms with Crippen LogP contribution in [0.25, 0.3) is 0 Å². The molecule has 2 aliphatic rings. The van der Waals surface area contributed by atoms with Gasteiger partial charge in [-0.3, -0.25) is 0 Å². The van der Waals surface area contributed by atoms with E-state index in [4.69, 9.17) is 13.9 Å². The molecule has 1 aromatic rings. The molecule has 4 atom stereocenters. The van der Waals surface area contributed by atoms with E-state index in [1.54, 1.807) is 0 Å². The fourth-order valence-electron chi connectivity index (χ4n) is 4.59. The van der Waals surface area contributed by atoms with Crippen LogP contribution >= 0.6 is 0 Å². The largest absolute Gasteiger partial charge is 0.543 e. The van der Waals surface area contributed by atoms with Gasteiger partial charge in [-0.1, -0.05) is 33.8 Å². The molecule has 0 amide bonds. The van der Waals surface area contributed by atoms with Crippen LogP contribution in [0.2, 0.25) is 18.1 Å². The summed E-state index contributed by atoms with van der Waals surface area (Å²) in [6.45, 7) is 14.6. The van der Waals surface area contributed by atoms with Gasteiger partial charge in [0.25, 0.3) is 8.32 Å². The van der Waals surface area contributed by atoms with Crippen LogP contribution in [0.5, 0.6) is 11.5 Å². The molecule has 5 heteroatoms. The average Bonchev–Trinajstić information content (AvgIpc) is 3.22. The Balaban J connectivity index is 1.57. The van der Waals surface area contributed by atoms with Crippen LogP contribution in [0.3, 0.4) is 0 Å². The minimum atomic E-state index is -1.93. The molecule has 28 heavy (non-hydrogen) atoms. The van der Waals surface area contributed by atoms with Gasteiger partial charge in [0.1, 0.15) is 11.5 Å². The molecule has 0 saturated carbocycles.